The molecule has 2 aromatic carbocycles. The average molecular weight is 474 g/mol. The van der Waals surface area contributed by atoms with Gasteiger partial charge in [-0.3, -0.25) is 9.59 Å². The van der Waals surface area contributed by atoms with Crippen LogP contribution in [0.3, 0.4) is 0 Å². The van der Waals surface area contributed by atoms with E-state index in [9.17, 15) is 18.0 Å². The Labute approximate surface area is 193 Å². The van der Waals surface area contributed by atoms with Crippen molar-refractivity contribution >= 4 is 44.8 Å². The van der Waals surface area contributed by atoms with Crippen molar-refractivity contribution in [2.75, 3.05) is 42.1 Å². The molecule has 2 aromatic rings. The van der Waals surface area contributed by atoms with E-state index in [1.165, 1.54) is 17.8 Å². The normalized spacial score (nSPS) is 19.8. The summed E-state index contributed by atoms with van der Waals surface area (Å²) in [4.78, 5) is 29.8. The number of amides is 2. The molecule has 0 radical (unpaired) electrons. The number of carbonyl (C=O) groups is 2. The largest absolute Gasteiger partial charge is 0.368 e. The van der Waals surface area contributed by atoms with Crippen LogP contribution in [0.15, 0.2) is 58.3 Å². The molecule has 0 unspecified atom stereocenters. The second kappa shape index (κ2) is 9.15. The molecule has 1 fully saturated rings. The number of piperazine rings is 1. The van der Waals surface area contributed by atoms with Crippen LogP contribution in [0.25, 0.3) is 0 Å². The number of para-hydroxylation sites is 1. The highest BCUT2D eigenvalue weighted by Crippen LogP contribution is 2.37. The topological polar surface area (TPSA) is 86.8 Å². The standard InChI is InChI=1S/C23H27N3O4S2/c1-16(23(28)26-12-10-25(11-13-26)18-6-4-3-5-7-18)15-32(29,30)19-8-9-21-20(14-19)24-22(27)17(2)31-21/h3-9,14,16-17H,10-13,15H2,1-2H3,(H,24,27)/t16-,17-/m1/s1. The quantitative estimate of drug-likeness (QED) is 0.719. The van der Waals surface area contributed by atoms with Crippen molar-refractivity contribution in [1.29, 1.82) is 0 Å². The van der Waals surface area contributed by atoms with Crippen LogP contribution in [0.2, 0.25) is 0 Å². The van der Waals surface area contributed by atoms with Gasteiger partial charge in [-0.05, 0) is 37.3 Å². The van der Waals surface area contributed by atoms with Gasteiger partial charge in [0.15, 0.2) is 9.84 Å². The number of hydrogen-bond acceptors (Lipinski definition) is 6. The Kier molecular flexibility index (Phi) is 6.48. The number of hydrogen-bond donors (Lipinski definition) is 1. The Hall–Kier alpha value is -2.52. The lowest BCUT2D eigenvalue weighted by atomic mass is 10.1. The molecule has 2 aliphatic rings. The summed E-state index contributed by atoms with van der Waals surface area (Å²) in [6, 6.07) is 14.8. The third kappa shape index (κ3) is 4.78. The molecule has 4 rings (SSSR count). The van der Waals surface area contributed by atoms with Crippen LogP contribution < -0.4 is 10.2 Å². The molecule has 9 heteroatoms. The van der Waals surface area contributed by atoms with Crippen LogP contribution in [-0.4, -0.2) is 62.3 Å². The molecule has 170 valence electrons. The molecule has 0 spiro atoms. The number of thioether (sulfide) groups is 1. The molecular formula is C23H27N3O4S2. The predicted octanol–water partition coefficient (Wildman–Crippen LogP) is 2.88. The van der Waals surface area contributed by atoms with E-state index in [-0.39, 0.29) is 27.7 Å². The van der Waals surface area contributed by atoms with Gasteiger partial charge in [0.2, 0.25) is 11.8 Å². The first-order chi connectivity index (χ1) is 15.2. The first-order valence-corrected chi connectivity index (χ1v) is 13.2. The summed E-state index contributed by atoms with van der Waals surface area (Å²) >= 11 is 1.40. The van der Waals surface area contributed by atoms with Gasteiger partial charge in [-0.1, -0.05) is 25.1 Å². The Balaban J connectivity index is 1.39. The van der Waals surface area contributed by atoms with Crippen LogP contribution in [-0.2, 0) is 19.4 Å². The van der Waals surface area contributed by atoms with Crippen LogP contribution in [0.1, 0.15) is 13.8 Å². The number of nitrogens with zero attached hydrogens (tertiary/aromatic N) is 2. The Bertz CT molecular complexity index is 1110. The molecular weight excluding hydrogens is 446 g/mol. The fourth-order valence-electron chi connectivity index (χ4n) is 4.01. The molecule has 1 saturated heterocycles. The fraction of sp³-hybridized carbons (Fsp3) is 0.391. The SMILES string of the molecule is C[C@H](CS(=O)(=O)c1ccc2c(c1)NC(=O)[C@@H](C)S2)C(=O)N1CCN(c2ccccc2)CC1. The highest BCUT2D eigenvalue weighted by Gasteiger charge is 2.30. The molecule has 2 heterocycles. The predicted molar refractivity (Wildman–Crippen MR) is 127 cm³/mol. The number of carbonyl (C=O) groups excluding carboxylic acids is 2. The van der Waals surface area contributed by atoms with Crippen molar-refractivity contribution < 1.29 is 18.0 Å². The minimum atomic E-state index is -3.68. The van der Waals surface area contributed by atoms with Crippen molar-refractivity contribution in [2.24, 2.45) is 5.92 Å². The number of anilines is 2. The Morgan fingerprint density at radius 1 is 1.12 bits per heavy atom. The maximum absolute atomic E-state index is 13.0. The molecule has 0 aliphatic carbocycles. The minimum Gasteiger partial charge on any atom is -0.368 e. The summed E-state index contributed by atoms with van der Waals surface area (Å²) in [5.74, 6) is -1.20. The number of rotatable bonds is 5. The van der Waals surface area contributed by atoms with Gasteiger partial charge in [-0.25, -0.2) is 8.42 Å². The van der Waals surface area contributed by atoms with E-state index in [0.29, 0.717) is 18.8 Å². The van der Waals surface area contributed by atoms with Gasteiger partial charge in [0.1, 0.15) is 0 Å². The van der Waals surface area contributed by atoms with E-state index in [1.807, 2.05) is 30.3 Å². The third-order valence-electron chi connectivity index (χ3n) is 5.84. The van der Waals surface area contributed by atoms with Crippen LogP contribution >= 0.6 is 11.8 Å². The fourth-order valence-corrected chi connectivity index (χ4v) is 6.51. The number of benzene rings is 2. The summed E-state index contributed by atoms with van der Waals surface area (Å²) in [5.41, 5.74) is 1.64. The highest BCUT2D eigenvalue weighted by molar-refractivity contribution is 8.01. The van der Waals surface area contributed by atoms with Crippen molar-refractivity contribution in [3.05, 3.63) is 48.5 Å². The number of nitrogens with one attached hydrogen (secondary N) is 1. The van der Waals surface area contributed by atoms with E-state index in [2.05, 4.69) is 10.2 Å². The lowest BCUT2D eigenvalue weighted by Crippen LogP contribution is -2.50. The van der Waals surface area contributed by atoms with Gasteiger partial charge >= 0.3 is 0 Å². The van der Waals surface area contributed by atoms with Gasteiger partial charge in [0.05, 0.1) is 21.6 Å². The molecule has 2 amide bonds. The van der Waals surface area contributed by atoms with E-state index in [0.717, 1.165) is 23.7 Å². The highest BCUT2D eigenvalue weighted by atomic mass is 32.2. The zero-order valence-electron chi connectivity index (χ0n) is 18.2. The summed E-state index contributed by atoms with van der Waals surface area (Å²) in [6.07, 6.45) is 0. The van der Waals surface area contributed by atoms with E-state index >= 15 is 0 Å². The lowest BCUT2D eigenvalue weighted by molar-refractivity contribution is -0.134. The molecule has 7 nitrogen and oxygen atoms in total. The molecule has 1 N–H and O–H groups in total. The first-order valence-electron chi connectivity index (χ1n) is 10.7. The Morgan fingerprint density at radius 3 is 2.50 bits per heavy atom. The van der Waals surface area contributed by atoms with Gasteiger partial charge in [-0.2, -0.15) is 0 Å². The third-order valence-corrected chi connectivity index (χ3v) is 8.93. The molecule has 2 atom stereocenters. The second-order valence-electron chi connectivity index (χ2n) is 8.24. The molecule has 0 aromatic heterocycles. The van der Waals surface area contributed by atoms with E-state index in [4.69, 9.17) is 0 Å². The monoisotopic (exact) mass is 473 g/mol. The molecule has 0 bridgehead atoms. The summed E-state index contributed by atoms with van der Waals surface area (Å²) < 4.78 is 26.0. The van der Waals surface area contributed by atoms with Gasteiger partial charge in [0.25, 0.3) is 0 Å². The number of sulfone groups is 1. The zero-order chi connectivity index (χ0) is 22.9. The molecule has 0 saturated carbocycles. The summed E-state index contributed by atoms with van der Waals surface area (Å²) in [5, 5.41) is 2.55. The smallest absolute Gasteiger partial charge is 0.237 e. The van der Waals surface area contributed by atoms with Gasteiger partial charge in [-0.15, -0.1) is 11.8 Å². The maximum Gasteiger partial charge on any atom is 0.237 e. The van der Waals surface area contributed by atoms with Gasteiger partial charge < -0.3 is 15.1 Å². The van der Waals surface area contributed by atoms with Gasteiger partial charge in [0, 0.05) is 42.7 Å². The molecule has 2 aliphatic heterocycles. The average Bonchev–Trinajstić information content (AvgIpc) is 2.79. The number of fused-ring (bicyclic) bond motifs is 1. The zero-order valence-corrected chi connectivity index (χ0v) is 19.8. The van der Waals surface area contributed by atoms with E-state index in [1.54, 1.807) is 30.9 Å². The molecule has 32 heavy (non-hydrogen) atoms. The maximum atomic E-state index is 13.0. The van der Waals surface area contributed by atoms with Crippen LogP contribution in [0, 0.1) is 5.92 Å². The second-order valence-corrected chi connectivity index (χ2v) is 11.7. The van der Waals surface area contributed by atoms with Crippen LogP contribution in [0.4, 0.5) is 11.4 Å². The minimum absolute atomic E-state index is 0.125. The van der Waals surface area contributed by atoms with E-state index < -0.39 is 15.8 Å². The summed E-state index contributed by atoms with van der Waals surface area (Å²) in [6.45, 7) is 6.05. The summed E-state index contributed by atoms with van der Waals surface area (Å²) in [7, 11) is -3.68. The first kappa shape index (κ1) is 22.7. The van der Waals surface area contributed by atoms with Crippen molar-refractivity contribution in [1.82, 2.24) is 4.90 Å². The van der Waals surface area contributed by atoms with Crippen molar-refractivity contribution in [2.45, 2.75) is 28.9 Å². The van der Waals surface area contributed by atoms with Crippen molar-refractivity contribution in [3.63, 3.8) is 0 Å². The van der Waals surface area contributed by atoms with Crippen molar-refractivity contribution in [3.8, 4) is 0 Å². The lowest BCUT2D eigenvalue weighted by Gasteiger charge is -2.37. The Morgan fingerprint density at radius 2 is 1.81 bits per heavy atom. The van der Waals surface area contributed by atoms with Crippen LogP contribution in [0.5, 0.6) is 0 Å².